The number of carbonyl (C=O) groups is 2. The molecule has 29 heavy (non-hydrogen) atoms. The van der Waals surface area contributed by atoms with Crippen LogP contribution in [0.25, 0.3) is 0 Å². The molecule has 0 bridgehead atoms. The summed E-state index contributed by atoms with van der Waals surface area (Å²) in [5.41, 5.74) is 0.159. The summed E-state index contributed by atoms with van der Waals surface area (Å²) in [4.78, 5) is 25.2. The molecule has 0 saturated heterocycles. The Kier molecular flexibility index (Phi) is 8.57. The molecule has 3 aromatic carbocycles. The fourth-order valence-corrected chi connectivity index (χ4v) is 2.38. The molecule has 0 N–H and O–H groups in total. The van der Waals surface area contributed by atoms with Gasteiger partial charge in [-0.05, 0) is 42.0 Å². The third kappa shape index (κ3) is 6.88. The second kappa shape index (κ2) is 11.4. The molecule has 0 aliphatic carbocycles. The van der Waals surface area contributed by atoms with Crippen LogP contribution in [-0.2, 0) is 9.59 Å². The van der Waals surface area contributed by atoms with Gasteiger partial charge in [0.05, 0.1) is 0 Å². The van der Waals surface area contributed by atoms with E-state index in [0.717, 1.165) is 6.07 Å². The Hall–Kier alpha value is -3.47. The van der Waals surface area contributed by atoms with Crippen molar-refractivity contribution in [3.05, 3.63) is 96.3 Å². The lowest BCUT2D eigenvalue weighted by atomic mass is 9.99. The van der Waals surface area contributed by atoms with Gasteiger partial charge >= 0.3 is 11.9 Å². The van der Waals surface area contributed by atoms with Crippen molar-refractivity contribution in [2.24, 2.45) is 0 Å². The minimum atomic E-state index is -1.41. The van der Waals surface area contributed by atoms with Crippen molar-refractivity contribution in [1.29, 1.82) is 0 Å². The number of hydrogen-bond acceptors (Lipinski definition) is 4. The van der Waals surface area contributed by atoms with Crippen molar-refractivity contribution in [1.82, 2.24) is 0 Å². The lowest BCUT2D eigenvalue weighted by Gasteiger charge is -2.15. The Morgan fingerprint density at radius 3 is 1.62 bits per heavy atom. The van der Waals surface area contributed by atoms with Gasteiger partial charge in [-0.25, -0.2) is 4.39 Å². The maximum atomic E-state index is 13.6. The van der Waals surface area contributed by atoms with E-state index in [1.54, 1.807) is 60.7 Å². The summed E-state index contributed by atoms with van der Waals surface area (Å²) in [5, 5.41) is 0. The van der Waals surface area contributed by atoms with Crippen molar-refractivity contribution in [2.45, 2.75) is 26.2 Å². The molecule has 0 radical (unpaired) electrons. The first kappa shape index (κ1) is 21.8. The van der Waals surface area contributed by atoms with E-state index in [9.17, 15) is 14.0 Å². The molecular weight excluding hydrogens is 371 g/mol. The van der Waals surface area contributed by atoms with Gasteiger partial charge in [-0.3, -0.25) is 9.59 Å². The second-order valence-electron chi connectivity index (χ2n) is 6.16. The fraction of sp³-hybridized carbons (Fsp3) is 0.167. The lowest BCUT2D eigenvalue weighted by molar-refractivity contribution is -0.147. The smallest absolute Gasteiger partial charge is 0.330 e. The first-order valence-electron chi connectivity index (χ1n) is 9.34. The zero-order valence-electron chi connectivity index (χ0n) is 16.4. The average Bonchev–Trinajstić information content (AvgIpc) is 2.70. The Morgan fingerprint density at radius 1 is 0.759 bits per heavy atom. The number of carbonyl (C=O) groups excluding carboxylic acids is 2. The van der Waals surface area contributed by atoms with Crippen LogP contribution in [0.1, 0.15) is 31.7 Å². The van der Waals surface area contributed by atoms with Gasteiger partial charge in [0.2, 0.25) is 0 Å². The predicted molar refractivity (Wildman–Crippen MR) is 109 cm³/mol. The van der Waals surface area contributed by atoms with Gasteiger partial charge in [0, 0.05) is 0 Å². The molecule has 4 nitrogen and oxygen atoms in total. The molecule has 150 valence electrons. The van der Waals surface area contributed by atoms with Gasteiger partial charge in [-0.1, -0.05) is 68.8 Å². The number of hydrogen-bond donors (Lipinski definition) is 0. The number of benzene rings is 3. The maximum Gasteiger partial charge on any atom is 0.330 e. The summed E-state index contributed by atoms with van der Waals surface area (Å²) in [6.07, 6.45) is 1.25. The SMILES string of the molecule is CCC.O=C(Oc1ccccc1)C(C(=O)Oc1ccccc1)c1cccc(F)c1. The van der Waals surface area contributed by atoms with Crippen molar-refractivity contribution < 1.29 is 23.5 Å². The van der Waals surface area contributed by atoms with Gasteiger partial charge in [-0.15, -0.1) is 0 Å². The van der Waals surface area contributed by atoms with E-state index >= 15 is 0 Å². The molecule has 3 rings (SSSR count). The Balaban J connectivity index is 0.000000941. The van der Waals surface area contributed by atoms with E-state index in [1.165, 1.54) is 24.6 Å². The summed E-state index contributed by atoms with van der Waals surface area (Å²) in [7, 11) is 0. The van der Waals surface area contributed by atoms with E-state index in [1.807, 2.05) is 0 Å². The van der Waals surface area contributed by atoms with Crippen LogP contribution in [0.4, 0.5) is 4.39 Å². The highest BCUT2D eigenvalue weighted by atomic mass is 19.1. The van der Waals surface area contributed by atoms with Crippen LogP contribution in [0.3, 0.4) is 0 Å². The molecule has 5 heteroatoms. The average molecular weight is 394 g/mol. The highest BCUT2D eigenvalue weighted by Gasteiger charge is 2.33. The molecule has 0 spiro atoms. The van der Waals surface area contributed by atoms with E-state index < -0.39 is 23.7 Å². The molecule has 0 unspecified atom stereocenters. The van der Waals surface area contributed by atoms with E-state index in [4.69, 9.17) is 9.47 Å². The van der Waals surface area contributed by atoms with Crippen molar-refractivity contribution in [3.63, 3.8) is 0 Å². The largest absolute Gasteiger partial charge is 0.426 e. The minimum absolute atomic E-state index is 0.159. The Labute approximate surface area is 169 Å². The highest BCUT2D eigenvalue weighted by molar-refractivity contribution is 6.02. The zero-order valence-corrected chi connectivity index (χ0v) is 16.4. The first-order chi connectivity index (χ1) is 14.0. The molecule has 0 amide bonds. The van der Waals surface area contributed by atoms with Crippen molar-refractivity contribution >= 4 is 11.9 Å². The summed E-state index contributed by atoms with van der Waals surface area (Å²) in [6.45, 7) is 4.25. The molecular formula is C24H23FO4. The summed E-state index contributed by atoms with van der Waals surface area (Å²) in [5.74, 6) is -3.10. The van der Waals surface area contributed by atoms with Gasteiger partial charge in [0.25, 0.3) is 0 Å². The maximum absolute atomic E-state index is 13.6. The molecule has 0 aliphatic rings. The zero-order chi connectivity index (χ0) is 21.1. The van der Waals surface area contributed by atoms with Gasteiger partial charge in [0.1, 0.15) is 17.3 Å². The summed E-state index contributed by atoms with van der Waals surface area (Å²) in [6, 6.07) is 21.9. The molecule has 0 fully saturated rings. The third-order valence-electron chi connectivity index (χ3n) is 3.58. The summed E-state index contributed by atoms with van der Waals surface area (Å²) < 4.78 is 24.1. The third-order valence-corrected chi connectivity index (χ3v) is 3.58. The molecule has 0 aliphatic heterocycles. The van der Waals surface area contributed by atoms with E-state index in [-0.39, 0.29) is 17.1 Å². The number of rotatable bonds is 5. The monoisotopic (exact) mass is 394 g/mol. The Morgan fingerprint density at radius 2 is 1.21 bits per heavy atom. The minimum Gasteiger partial charge on any atom is -0.426 e. The van der Waals surface area contributed by atoms with Crippen LogP contribution in [0.2, 0.25) is 0 Å². The quantitative estimate of drug-likeness (QED) is 0.324. The van der Waals surface area contributed by atoms with E-state index in [0.29, 0.717) is 0 Å². The Bertz CT molecular complexity index is 857. The highest BCUT2D eigenvalue weighted by Crippen LogP contribution is 2.23. The van der Waals surface area contributed by atoms with Crippen molar-refractivity contribution in [3.8, 4) is 11.5 Å². The normalized spacial score (nSPS) is 9.93. The van der Waals surface area contributed by atoms with Crippen LogP contribution in [0.5, 0.6) is 11.5 Å². The van der Waals surface area contributed by atoms with E-state index in [2.05, 4.69) is 13.8 Å². The van der Waals surface area contributed by atoms with Crippen molar-refractivity contribution in [2.75, 3.05) is 0 Å². The first-order valence-corrected chi connectivity index (χ1v) is 9.34. The molecule has 0 atom stereocenters. The molecule has 0 heterocycles. The van der Waals surface area contributed by atoms with Gasteiger partial charge in [-0.2, -0.15) is 0 Å². The van der Waals surface area contributed by atoms with Gasteiger partial charge in [0.15, 0.2) is 5.92 Å². The molecule has 3 aromatic rings. The lowest BCUT2D eigenvalue weighted by Crippen LogP contribution is -2.29. The van der Waals surface area contributed by atoms with Gasteiger partial charge < -0.3 is 9.47 Å². The number of esters is 2. The van der Waals surface area contributed by atoms with Crippen LogP contribution < -0.4 is 9.47 Å². The van der Waals surface area contributed by atoms with Crippen LogP contribution in [0, 0.1) is 5.82 Å². The second-order valence-corrected chi connectivity index (χ2v) is 6.16. The molecule has 0 saturated carbocycles. The topological polar surface area (TPSA) is 52.6 Å². The number of ether oxygens (including phenoxy) is 2. The van der Waals surface area contributed by atoms with Crippen LogP contribution in [0.15, 0.2) is 84.9 Å². The standard InChI is InChI=1S/C21H15FO4.C3H8/c22-16-9-7-8-15(14-16)19(20(23)25-17-10-3-1-4-11-17)21(24)26-18-12-5-2-6-13-18;1-3-2/h1-14,19H;3H2,1-2H3. The van der Waals surface area contributed by atoms with Crippen LogP contribution >= 0.6 is 0 Å². The fourth-order valence-electron chi connectivity index (χ4n) is 2.38. The number of para-hydroxylation sites is 2. The summed E-state index contributed by atoms with van der Waals surface area (Å²) >= 11 is 0. The number of halogens is 1. The van der Waals surface area contributed by atoms with Crippen LogP contribution in [-0.4, -0.2) is 11.9 Å². The predicted octanol–water partition coefficient (Wildman–Crippen LogP) is 5.54. The molecule has 0 aromatic heterocycles.